The van der Waals surface area contributed by atoms with E-state index in [9.17, 15) is 21.6 Å². The number of sulfonamides is 1. The lowest BCUT2D eigenvalue weighted by molar-refractivity contribution is -0.137. The molecular weight excluding hydrogens is 327 g/mol. The number of nitrogens with two attached hydrogens (primary N) is 1. The second-order valence-corrected chi connectivity index (χ2v) is 6.56. The summed E-state index contributed by atoms with van der Waals surface area (Å²) in [6, 6.07) is 2.87. The maximum atomic E-state index is 12.6. The average molecular weight is 341 g/mol. The fraction of sp³-hybridized carbons (Fsp3) is 0.364. The van der Waals surface area contributed by atoms with Gasteiger partial charge in [0.15, 0.2) is 0 Å². The van der Waals surface area contributed by atoms with E-state index < -0.39 is 21.8 Å². The summed E-state index contributed by atoms with van der Waals surface area (Å²) in [6.45, 7) is 0.00412. The molecule has 0 aliphatic carbocycles. The van der Waals surface area contributed by atoms with Crippen molar-refractivity contribution in [2.75, 3.05) is 24.7 Å². The van der Waals surface area contributed by atoms with Crippen molar-refractivity contribution >= 4 is 32.9 Å². The lowest BCUT2D eigenvalue weighted by Crippen LogP contribution is -2.26. The molecule has 0 atom stereocenters. The summed E-state index contributed by atoms with van der Waals surface area (Å²) in [5.41, 5.74) is 4.79. The number of hydrogen-bond donors (Lipinski definition) is 3. The maximum Gasteiger partial charge on any atom is 0.416 e. The van der Waals surface area contributed by atoms with Crippen LogP contribution < -0.4 is 15.8 Å². The van der Waals surface area contributed by atoms with E-state index in [0.29, 0.717) is 0 Å². The van der Waals surface area contributed by atoms with Crippen molar-refractivity contribution in [2.45, 2.75) is 6.18 Å². The molecule has 5 nitrogen and oxygen atoms in total. The van der Waals surface area contributed by atoms with Gasteiger partial charge in [-0.25, -0.2) is 13.1 Å². The Labute approximate surface area is 125 Å². The Morgan fingerprint density at radius 2 is 2.00 bits per heavy atom. The van der Waals surface area contributed by atoms with Gasteiger partial charge in [-0.2, -0.15) is 13.2 Å². The molecule has 10 heteroatoms. The van der Waals surface area contributed by atoms with Crippen molar-refractivity contribution < 1.29 is 21.6 Å². The van der Waals surface area contributed by atoms with Gasteiger partial charge in [0.1, 0.15) is 4.99 Å². The maximum absolute atomic E-state index is 12.6. The molecule has 0 amide bonds. The lowest BCUT2D eigenvalue weighted by Gasteiger charge is -2.14. The Morgan fingerprint density at radius 3 is 2.48 bits per heavy atom. The largest absolute Gasteiger partial charge is 0.416 e. The van der Waals surface area contributed by atoms with Crippen molar-refractivity contribution in [1.29, 1.82) is 0 Å². The van der Waals surface area contributed by atoms with Gasteiger partial charge in [-0.3, -0.25) is 0 Å². The molecule has 0 fully saturated rings. The topological polar surface area (TPSA) is 84.2 Å². The second-order valence-electron chi connectivity index (χ2n) is 4.07. The summed E-state index contributed by atoms with van der Waals surface area (Å²) in [5, 5.41) is 2.71. The van der Waals surface area contributed by atoms with Gasteiger partial charge in [-0.15, -0.1) is 0 Å². The van der Waals surface area contributed by atoms with E-state index in [1.807, 2.05) is 0 Å². The van der Waals surface area contributed by atoms with Crippen LogP contribution in [0.1, 0.15) is 11.1 Å². The van der Waals surface area contributed by atoms with Crippen molar-refractivity contribution in [2.24, 2.45) is 5.73 Å². The third kappa shape index (κ3) is 5.14. The zero-order chi connectivity index (χ0) is 16.3. The van der Waals surface area contributed by atoms with E-state index in [4.69, 9.17) is 18.0 Å². The van der Waals surface area contributed by atoms with Crippen LogP contribution >= 0.6 is 12.2 Å². The van der Waals surface area contributed by atoms with Crippen LogP contribution in [0.5, 0.6) is 0 Å². The van der Waals surface area contributed by atoms with Gasteiger partial charge in [0, 0.05) is 17.8 Å². The van der Waals surface area contributed by atoms with Crippen LogP contribution in [0.3, 0.4) is 0 Å². The second kappa shape index (κ2) is 6.58. The number of benzene rings is 1. The van der Waals surface area contributed by atoms with Gasteiger partial charge < -0.3 is 11.1 Å². The highest BCUT2D eigenvalue weighted by Gasteiger charge is 2.31. The Balaban J connectivity index is 2.95. The molecule has 0 aliphatic heterocycles. The highest BCUT2D eigenvalue weighted by molar-refractivity contribution is 7.89. The van der Waals surface area contributed by atoms with Gasteiger partial charge >= 0.3 is 6.18 Å². The number of halogens is 3. The first-order valence-electron chi connectivity index (χ1n) is 5.73. The highest BCUT2D eigenvalue weighted by Crippen LogP contribution is 2.31. The van der Waals surface area contributed by atoms with Crippen LogP contribution in [0.2, 0.25) is 0 Å². The zero-order valence-corrected chi connectivity index (χ0v) is 12.6. The SMILES string of the molecule is CNS(=O)(=O)CCNc1ccc(C(F)(F)F)cc1C(N)=S. The van der Waals surface area contributed by atoms with Crippen LogP contribution in [-0.4, -0.2) is 32.8 Å². The quantitative estimate of drug-likeness (QED) is 0.679. The van der Waals surface area contributed by atoms with Crippen molar-refractivity contribution in [3.05, 3.63) is 29.3 Å². The number of hydrogen-bond acceptors (Lipinski definition) is 4. The summed E-state index contributed by atoms with van der Waals surface area (Å²) >= 11 is 4.72. The number of thiocarbonyl (C=S) groups is 1. The number of nitrogens with one attached hydrogen (secondary N) is 2. The first kappa shape index (κ1) is 17.7. The van der Waals surface area contributed by atoms with Crippen molar-refractivity contribution in [1.82, 2.24) is 4.72 Å². The van der Waals surface area contributed by atoms with Gasteiger partial charge in [0.05, 0.1) is 11.3 Å². The van der Waals surface area contributed by atoms with Gasteiger partial charge in [0.2, 0.25) is 10.0 Å². The molecule has 0 saturated carbocycles. The van der Waals surface area contributed by atoms with E-state index in [2.05, 4.69) is 10.0 Å². The Bertz CT molecular complexity index is 630. The Morgan fingerprint density at radius 1 is 1.38 bits per heavy atom. The first-order chi connectivity index (χ1) is 9.57. The van der Waals surface area contributed by atoms with Gasteiger partial charge in [-0.05, 0) is 25.2 Å². The predicted molar refractivity (Wildman–Crippen MR) is 78.7 cm³/mol. The summed E-state index contributed by atoms with van der Waals surface area (Å²) in [5.74, 6) is -0.235. The molecule has 0 unspecified atom stereocenters. The van der Waals surface area contributed by atoms with Crippen LogP contribution in [0.15, 0.2) is 18.2 Å². The smallest absolute Gasteiger partial charge is 0.389 e. The standard InChI is InChI=1S/C11H14F3N3O2S2/c1-16-21(18,19)5-4-17-9-3-2-7(11(12,13)14)6-8(9)10(15)20/h2-3,6,16-17H,4-5H2,1H3,(H2,15,20). The predicted octanol–water partition coefficient (Wildman–Crippen LogP) is 1.30. The fourth-order valence-corrected chi connectivity index (χ4v) is 2.24. The minimum atomic E-state index is -4.51. The Kier molecular flexibility index (Phi) is 5.54. The molecule has 21 heavy (non-hydrogen) atoms. The lowest BCUT2D eigenvalue weighted by atomic mass is 10.1. The average Bonchev–Trinajstić information content (AvgIpc) is 2.37. The molecule has 0 bridgehead atoms. The molecule has 1 aromatic rings. The number of anilines is 1. The molecule has 118 valence electrons. The number of alkyl halides is 3. The normalized spacial score (nSPS) is 12.2. The molecule has 0 aromatic heterocycles. The Hall–Kier alpha value is -1.39. The molecule has 0 spiro atoms. The summed E-state index contributed by atoms with van der Waals surface area (Å²) in [7, 11) is -2.14. The molecular formula is C11H14F3N3O2S2. The van der Waals surface area contributed by atoms with Crippen LogP contribution in [0.4, 0.5) is 18.9 Å². The van der Waals surface area contributed by atoms with E-state index in [-0.39, 0.29) is 28.5 Å². The molecule has 0 heterocycles. The van der Waals surface area contributed by atoms with Crippen molar-refractivity contribution in [3.8, 4) is 0 Å². The third-order valence-corrected chi connectivity index (χ3v) is 4.19. The molecule has 1 aromatic carbocycles. The molecule has 1 rings (SSSR count). The zero-order valence-electron chi connectivity index (χ0n) is 11.0. The molecule has 0 radical (unpaired) electrons. The minimum absolute atomic E-state index is 0.00412. The van der Waals surface area contributed by atoms with Crippen molar-refractivity contribution in [3.63, 3.8) is 0 Å². The monoisotopic (exact) mass is 341 g/mol. The van der Waals surface area contributed by atoms with Crippen LogP contribution in [0, 0.1) is 0 Å². The van der Waals surface area contributed by atoms with Crippen LogP contribution in [0.25, 0.3) is 0 Å². The molecule has 0 saturated heterocycles. The van der Waals surface area contributed by atoms with E-state index in [0.717, 1.165) is 12.1 Å². The summed E-state index contributed by atoms with van der Waals surface area (Å²) in [6.07, 6.45) is -4.51. The van der Waals surface area contributed by atoms with E-state index in [1.54, 1.807) is 0 Å². The van der Waals surface area contributed by atoms with E-state index >= 15 is 0 Å². The third-order valence-electron chi connectivity index (χ3n) is 2.61. The first-order valence-corrected chi connectivity index (χ1v) is 7.79. The molecule has 4 N–H and O–H groups in total. The van der Waals surface area contributed by atoms with E-state index in [1.165, 1.54) is 13.1 Å². The molecule has 0 aliphatic rings. The fourth-order valence-electron chi connectivity index (χ4n) is 1.50. The summed E-state index contributed by atoms with van der Waals surface area (Å²) in [4.78, 5) is -0.208. The van der Waals surface area contributed by atoms with Crippen LogP contribution in [-0.2, 0) is 16.2 Å². The highest BCUT2D eigenvalue weighted by atomic mass is 32.2. The minimum Gasteiger partial charge on any atom is -0.389 e. The van der Waals surface area contributed by atoms with Gasteiger partial charge in [-0.1, -0.05) is 12.2 Å². The number of rotatable bonds is 6. The van der Waals surface area contributed by atoms with Gasteiger partial charge in [0.25, 0.3) is 0 Å². The summed E-state index contributed by atoms with van der Waals surface area (Å²) < 4.78 is 62.5.